The molecule has 1 aliphatic heterocycles. The van der Waals surface area contributed by atoms with Gasteiger partial charge in [-0.05, 0) is 51.3 Å². The first-order chi connectivity index (χ1) is 20.7. The predicted octanol–water partition coefficient (Wildman–Crippen LogP) is 6.84. The molecule has 0 amide bonds. The second-order valence-electron chi connectivity index (χ2n) is 11.8. The van der Waals surface area contributed by atoms with E-state index < -0.39 is 42.5 Å². The van der Waals surface area contributed by atoms with Crippen molar-refractivity contribution in [2.45, 2.75) is 96.9 Å². The molecule has 5 atom stereocenters. The Morgan fingerprint density at radius 1 is 0.698 bits per heavy atom. The van der Waals surface area contributed by atoms with Crippen molar-refractivity contribution in [2.24, 2.45) is 0 Å². The Labute approximate surface area is 255 Å². The lowest BCUT2D eigenvalue weighted by atomic mass is 9.97. The average Bonchev–Trinajstić information content (AvgIpc) is 2.98. The molecular weight excluding hydrogens is 548 g/mol. The summed E-state index contributed by atoms with van der Waals surface area (Å²) in [5.74, 6) is 0. The van der Waals surface area contributed by atoms with Crippen molar-refractivity contribution in [3.8, 4) is 0 Å². The molecule has 1 fully saturated rings. The zero-order valence-electron chi connectivity index (χ0n) is 25.7. The van der Waals surface area contributed by atoms with Gasteiger partial charge in [-0.1, -0.05) is 91.0 Å². The summed E-state index contributed by atoms with van der Waals surface area (Å²) in [7, 11) is 0. The van der Waals surface area contributed by atoms with Gasteiger partial charge in [0.15, 0.2) is 6.29 Å². The van der Waals surface area contributed by atoms with Crippen molar-refractivity contribution in [3.05, 3.63) is 108 Å². The maximum absolute atomic E-state index is 12.5. The molecule has 0 aliphatic carbocycles. The largest absolute Gasteiger partial charge is 0.508 e. The maximum atomic E-state index is 12.5. The predicted molar refractivity (Wildman–Crippen MR) is 162 cm³/mol. The van der Waals surface area contributed by atoms with E-state index in [1.165, 1.54) is 0 Å². The molecule has 0 N–H and O–H groups in total. The van der Waals surface area contributed by atoms with Crippen LogP contribution in [0.5, 0.6) is 0 Å². The quantitative estimate of drug-likeness (QED) is 0.200. The molecule has 43 heavy (non-hydrogen) atoms. The summed E-state index contributed by atoms with van der Waals surface area (Å²) in [6.45, 7) is 10.0. The van der Waals surface area contributed by atoms with Crippen molar-refractivity contribution in [2.75, 3.05) is 6.61 Å². The highest BCUT2D eigenvalue weighted by molar-refractivity contribution is 5.60. The van der Waals surface area contributed by atoms with Crippen molar-refractivity contribution in [1.82, 2.24) is 0 Å². The molecule has 232 valence electrons. The van der Waals surface area contributed by atoms with Crippen LogP contribution in [0.1, 0.15) is 51.3 Å². The van der Waals surface area contributed by atoms with Gasteiger partial charge in [0.05, 0.1) is 25.9 Å². The topological polar surface area (TPSA) is 81.7 Å². The summed E-state index contributed by atoms with van der Waals surface area (Å²) in [4.78, 5) is 12.5. The van der Waals surface area contributed by atoms with Gasteiger partial charge in [0.25, 0.3) is 0 Å². The van der Waals surface area contributed by atoms with Crippen LogP contribution in [0.2, 0.25) is 0 Å². The fourth-order valence-electron chi connectivity index (χ4n) is 4.69. The van der Waals surface area contributed by atoms with Gasteiger partial charge < -0.3 is 33.2 Å². The van der Waals surface area contributed by atoms with Crippen molar-refractivity contribution >= 4 is 6.16 Å². The average molecular weight is 593 g/mol. The lowest BCUT2D eigenvalue weighted by Gasteiger charge is -2.46. The molecule has 0 bridgehead atoms. The molecule has 4 rings (SSSR count). The molecular formula is C35H44O8. The highest BCUT2D eigenvalue weighted by Crippen LogP contribution is 2.32. The Hall–Kier alpha value is -3.27. The minimum Gasteiger partial charge on any atom is -0.431 e. The highest BCUT2D eigenvalue weighted by Gasteiger charge is 2.49. The van der Waals surface area contributed by atoms with Gasteiger partial charge in [-0.15, -0.1) is 0 Å². The summed E-state index contributed by atoms with van der Waals surface area (Å²) in [6, 6.07) is 29.7. The zero-order valence-corrected chi connectivity index (χ0v) is 25.7. The van der Waals surface area contributed by atoms with Crippen LogP contribution in [0.25, 0.3) is 0 Å². The Morgan fingerprint density at radius 2 is 1.14 bits per heavy atom. The van der Waals surface area contributed by atoms with Crippen LogP contribution in [0.15, 0.2) is 91.0 Å². The zero-order chi connectivity index (χ0) is 30.7. The molecule has 0 radical (unpaired) electrons. The summed E-state index contributed by atoms with van der Waals surface area (Å²) in [5.41, 5.74) is 2.29. The Morgan fingerprint density at radius 3 is 1.58 bits per heavy atom. The van der Waals surface area contributed by atoms with Gasteiger partial charge in [0, 0.05) is 0 Å². The van der Waals surface area contributed by atoms with E-state index in [0.717, 1.165) is 16.7 Å². The molecule has 3 aromatic rings. The molecule has 0 unspecified atom stereocenters. The van der Waals surface area contributed by atoms with Crippen LogP contribution in [0, 0.1) is 0 Å². The number of ether oxygens (including phenoxy) is 7. The van der Waals surface area contributed by atoms with Gasteiger partial charge >= 0.3 is 6.16 Å². The van der Waals surface area contributed by atoms with Crippen LogP contribution in [-0.2, 0) is 53.0 Å². The molecule has 1 saturated heterocycles. The second kappa shape index (κ2) is 16.0. The normalized spacial score (nSPS) is 22.3. The lowest BCUT2D eigenvalue weighted by Crippen LogP contribution is -2.62. The Kier molecular flexibility index (Phi) is 12.1. The van der Waals surface area contributed by atoms with Crippen molar-refractivity contribution in [3.63, 3.8) is 0 Å². The van der Waals surface area contributed by atoms with Gasteiger partial charge in [-0.25, -0.2) is 4.79 Å². The first-order valence-electron chi connectivity index (χ1n) is 14.8. The third-order valence-electron chi connectivity index (χ3n) is 6.61. The molecule has 0 saturated carbocycles. The lowest BCUT2D eigenvalue weighted by molar-refractivity contribution is -0.332. The summed E-state index contributed by atoms with van der Waals surface area (Å²) in [5, 5.41) is 0. The van der Waals surface area contributed by atoms with Crippen LogP contribution < -0.4 is 0 Å². The van der Waals surface area contributed by atoms with Crippen LogP contribution in [-0.4, -0.2) is 55.2 Å². The van der Waals surface area contributed by atoms with Crippen LogP contribution >= 0.6 is 0 Å². The third-order valence-corrected chi connectivity index (χ3v) is 6.61. The van der Waals surface area contributed by atoms with E-state index in [1.807, 2.05) is 105 Å². The summed E-state index contributed by atoms with van der Waals surface area (Å²) >= 11 is 0. The van der Waals surface area contributed by atoms with Crippen molar-refractivity contribution < 1.29 is 38.0 Å². The maximum Gasteiger partial charge on any atom is 0.508 e. The van der Waals surface area contributed by atoms with Gasteiger partial charge in [-0.3, -0.25) is 0 Å². The standard InChI is InChI=1S/C35H44O8/c1-25(2)41-33-32(39-23-28-19-13-8-14-20-28)31(38-22-27-17-11-7-12-18-27)30(37-21-26-15-9-6-10-16-26)29(42-33)24-40-34(36)43-35(3,4)5/h6-20,25,29-33H,21-24H2,1-5H3/t29-,30-,31+,32-,33+/m1/s1. The van der Waals surface area contributed by atoms with E-state index in [1.54, 1.807) is 20.8 Å². The van der Waals surface area contributed by atoms with E-state index in [9.17, 15) is 4.79 Å². The molecule has 8 nitrogen and oxygen atoms in total. The smallest absolute Gasteiger partial charge is 0.431 e. The monoisotopic (exact) mass is 592 g/mol. The van der Waals surface area contributed by atoms with E-state index in [-0.39, 0.29) is 12.7 Å². The minimum absolute atomic E-state index is 0.122. The third kappa shape index (κ3) is 10.7. The van der Waals surface area contributed by atoms with Gasteiger partial charge in [-0.2, -0.15) is 0 Å². The number of carbonyl (C=O) groups is 1. The fourth-order valence-corrected chi connectivity index (χ4v) is 4.69. The molecule has 3 aromatic carbocycles. The van der Waals surface area contributed by atoms with E-state index in [2.05, 4.69) is 0 Å². The SMILES string of the molecule is CC(C)O[C@H]1O[C@H](COC(=O)OC(C)(C)C)[C@@H](OCc2ccccc2)[C@H](OCc2ccccc2)[C@H]1OCc1ccccc1. The number of benzene rings is 3. The first kappa shape index (κ1) is 32.6. The fraction of sp³-hybridized carbons (Fsp3) is 0.457. The van der Waals surface area contributed by atoms with Crippen molar-refractivity contribution in [1.29, 1.82) is 0 Å². The molecule has 1 heterocycles. The minimum atomic E-state index is -0.812. The van der Waals surface area contributed by atoms with Gasteiger partial charge in [0.2, 0.25) is 0 Å². The molecule has 0 spiro atoms. The Bertz CT molecular complexity index is 1210. The summed E-state index contributed by atoms with van der Waals surface area (Å²) < 4.78 is 43.3. The highest BCUT2D eigenvalue weighted by atomic mass is 16.8. The van der Waals surface area contributed by atoms with Crippen LogP contribution in [0.3, 0.4) is 0 Å². The van der Waals surface area contributed by atoms with Crippen LogP contribution in [0.4, 0.5) is 4.79 Å². The number of hydrogen-bond acceptors (Lipinski definition) is 8. The summed E-state index contributed by atoms with van der Waals surface area (Å²) in [6.07, 6.45) is -4.44. The molecule has 8 heteroatoms. The van der Waals surface area contributed by atoms with Gasteiger partial charge in [0.1, 0.15) is 36.6 Å². The molecule has 1 aliphatic rings. The van der Waals surface area contributed by atoms with E-state index >= 15 is 0 Å². The second-order valence-corrected chi connectivity index (χ2v) is 11.8. The number of hydrogen-bond donors (Lipinski definition) is 0. The number of rotatable bonds is 13. The Balaban J connectivity index is 1.64. The molecule has 0 aromatic heterocycles. The van der Waals surface area contributed by atoms with E-state index in [0.29, 0.717) is 19.8 Å². The first-order valence-corrected chi connectivity index (χ1v) is 14.8. The van der Waals surface area contributed by atoms with E-state index in [4.69, 9.17) is 33.2 Å². The number of carbonyl (C=O) groups excluding carboxylic acids is 1.